The molecule has 0 unspecified atom stereocenters. The van der Waals surface area contributed by atoms with Crippen LogP contribution in [0.2, 0.25) is 0 Å². The summed E-state index contributed by atoms with van der Waals surface area (Å²) in [4.78, 5) is 9.91. The minimum atomic E-state index is -0.598. The summed E-state index contributed by atoms with van der Waals surface area (Å²) in [6, 6.07) is 30.6. The Morgan fingerprint density at radius 2 is 1.21 bits per heavy atom. The van der Waals surface area contributed by atoms with Gasteiger partial charge in [0.1, 0.15) is 11.6 Å². The first-order valence-corrected chi connectivity index (χ1v) is 19.7. The second-order valence-electron chi connectivity index (χ2n) is 18.0. The van der Waals surface area contributed by atoms with Crippen molar-refractivity contribution in [1.82, 2.24) is 14.5 Å². The molecule has 8 aromatic rings. The smallest absolute Gasteiger partial charge is 0.149 e. The van der Waals surface area contributed by atoms with Crippen molar-refractivity contribution in [2.45, 2.75) is 78.6 Å². The summed E-state index contributed by atoms with van der Waals surface area (Å²) >= 11 is 0. The molecule has 290 valence electrons. The van der Waals surface area contributed by atoms with Crippen molar-refractivity contribution in [2.24, 2.45) is 0 Å². The highest BCUT2D eigenvalue weighted by molar-refractivity contribution is 5.97. The van der Waals surface area contributed by atoms with E-state index in [2.05, 4.69) is 120 Å². The summed E-state index contributed by atoms with van der Waals surface area (Å²) in [5.74, 6) is 0.703. The van der Waals surface area contributed by atoms with Crippen LogP contribution in [0, 0.1) is 0 Å². The zero-order valence-electron chi connectivity index (χ0n) is 42.6. The number of imidazole rings is 1. The number of phenols is 1. The number of aromatic nitrogens is 3. The molecule has 58 heavy (non-hydrogen) atoms. The lowest BCUT2D eigenvalue weighted by Crippen LogP contribution is -2.17. The van der Waals surface area contributed by atoms with Crippen molar-refractivity contribution < 1.29 is 16.1 Å². The summed E-state index contributed by atoms with van der Waals surface area (Å²) in [6.07, 6.45) is -0.499. The van der Waals surface area contributed by atoms with E-state index >= 15 is 0 Å². The van der Waals surface area contributed by atoms with Crippen molar-refractivity contribution in [3.8, 4) is 67.5 Å². The fraction of sp³-hybridized carbons (Fsp3) is 0.222. The number of hydrogen-bond acceptors (Lipinski definition) is 3. The van der Waals surface area contributed by atoms with Gasteiger partial charge < -0.3 is 5.11 Å². The zero-order valence-corrected chi connectivity index (χ0v) is 34.6. The normalized spacial score (nSPS) is 14.2. The highest BCUT2D eigenvalue weighted by atomic mass is 16.3. The first kappa shape index (κ1) is 29.9. The van der Waals surface area contributed by atoms with E-state index in [0.717, 1.165) is 50.1 Å². The van der Waals surface area contributed by atoms with Gasteiger partial charge in [0.25, 0.3) is 0 Å². The van der Waals surface area contributed by atoms with Gasteiger partial charge in [-0.2, -0.15) is 0 Å². The maximum absolute atomic E-state index is 12.3. The lowest BCUT2D eigenvalue weighted by molar-refractivity contribution is 0.446. The summed E-state index contributed by atoms with van der Waals surface area (Å²) in [6.45, 7) is 18.9. The van der Waals surface area contributed by atoms with Crippen LogP contribution in [0.25, 0.3) is 72.7 Å². The van der Waals surface area contributed by atoms with Crippen LogP contribution in [0.15, 0.2) is 152 Å². The third kappa shape index (κ3) is 7.47. The molecule has 0 radical (unpaired) electrons. The van der Waals surface area contributed by atoms with E-state index in [4.69, 9.17) is 14.6 Å². The third-order valence-electron chi connectivity index (χ3n) is 10.7. The van der Waals surface area contributed by atoms with Crippen molar-refractivity contribution in [2.75, 3.05) is 0 Å². The zero-order chi connectivity index (χ0) is 47.9. The van der Waals surface area contributed by atoms with Gasteiger partial charge in [0.15, 0.2) is 0 Å². The Morgan fingerprint density at radius 3 is 1.88 bits per heavy atom. The van der Waals surface area contributed by atoms with Gasteiger partial charge in [-0.1, -0.05) is 159 Å². The Bertz CT molecular complexity index is 3200. The van der Waals surface area contributed by atoms with Crippen LogP contribution in [0.5, 0.6) is 5.75 Å². The molecule has 0 fully saturated rings. The van der Waals surface area contributed by atoms with Crippen LogP contribution >= 0.6 is 0 Å². The van der Waals surface area contributed by atoms with Gasteiger partial charge in [-0.25, -0.2) is 4.98 Å². The number of hydrogen-bond donors (Lipinski definition) is 1. The Kier molecular flexibility index (Phi) is 7.53. The Labute approximate surface area is 355 Å². The standard InChI is InChI=1S/C54H53N3O/c1-52(2,3)41-30-39(29-40(31-41)47-32-38(27-28-55-47)36-19-14-11-15-20-36)44-21-16-22-48-49(44)56-51(45-33-42(53(4,5)6)34-46(50(45)58)54(7,8)9)57(48)43-25-23-37(24-26-43)35-17-12-10-13-18-35/h10-34,58H,1-9H3/i11D,14D,15D,19D,20D,27D,28D,32D. The number of para-hydroxylation sites is 1. The number of nitrogens with zero attached hydrogens (tertiary/aromatic N) is 3. The van der Waals surface area contributed by atoms with Gasteiger partial charge in [-0.05, 0) is 104 Å². The Morgan fingerprint density at radius 1 is 0.552 bits per heavy atom. The lowest BCUT2D eigenvalue weighted by atomic mass is 9.79. The predicted octanol–water partition coefficient (Wildman–Crippen LogP) is 14.4. The second kappa shape index (κ2) is 14.6. The molecule has 0 aliphatic rings. The average Bonchev–Trinajstić information content (AvgIpc) is 3.66. The molecule has 0 bridgehead atoms. The van der Waals surface area contributed by atoms with Crippen LogP contribution in [-0.4, -0.2) is 19.6 Å². The molecule has 4 nitrogen and oxygen atoms in total. The molecular formula is C54H53N3O. The minimum Gasteiger partial charge on any atom is -0.507 e. The van der Waals surface area contributed by atoms with Gasteiger partial charge in [-0.15, -0.1) is 0 Å². The largest absolute Gasteiger partial charge is 0.507 e. The van der Waals surface area contributed by atoms with E-state index in [-0.39, 0.29) is 34.0 Å². The molecule has 0 spiro atoms. The molecule has 4 heteroatoms. The topological polar surface area (TPSA) is 50.9 Å². The monoisotopic (exact) mass is 767 g/mol. The molecule has 0 saturated heterocycles. The summed E-state index contributed by atoms with van der Waals surface area (Å²) in [5, 5.41) is 12.3. The molecule has 0 saturated carbocycles. The number of aromatic hydroxyl groups is 1. The lowest BCUT2D eigenvalue weighted by Gasteiger charge is -2.27. The van der Waals surface area contributed by atoms with Crippen molar-refractivity contribution in [1.29, 1.82) is 0 Å². The van der Waals surface area contributed by atoms with Gasteiger partial charge in [0.05, 0.1) is 33.3 Å². The first-order chi connectivity index (χ1) is 30.9. The molecule has 6 aromatic carbocycles. The summed E-state index contributed by atoms with van der Waals surface area (Å²) < 4.78 is 71.4. The molecule has 2 aromatic heterocycles. The predicted molar refractivity (Wildman–Crippen MR) is 244 cm³/mol. The van der Waals surface area contributed by atoms with E-state index in [1.165, 1.54) is 0 Å². The van der Waals surface area contributed by atoms with Crippen molar-refractivity contribution in [3.63, 3.8) is 0 Å². The Hall–Kier alpha value is -6.26. The number of rotatable bonds is 6. The van der Waals surface area contributed by atoms with Gasteiger partial charge in [0, 0.05) is 28.6 Å². The molecule has 8 rings (SSSR count). The van der Waals surface area contributed by atoms with Gasteiger partial charge >= 0.3 is 0 Å². The maximum atomic E-state index is 12.3. The van der Waals surface area contributed by atoms with E-state index in [1.54, 1.807) is 0 Å². The molecular weight excluding hydrogens is 707 g/mol. The van der Waals surface area contributed by atoms with Gasteiger partial charge in [0.2, 0.25) is 0 Å². The molecule has 0 aliphatic carbocycles. The van der Waals surface area contributed by atoms with E-state index in [1.807, 2.05) is 54.6 Å². The SMILES string of the molecule is [2H]c1nc(-c2cc(-c3cccc4c3nc(-c3cc(C(C)(C)C)cc(C(C)(C)C)c3O)n4-c3ccc(-c4ccccc4)cc3)cc(C(C)(C)C)c2)c([2H])c(-c2c([2H])c([2H])c([2H])c([2H])c2[2H])c1[2H]. The molecule has 2 heterocycles. The first-order valence-electron chi connectivity index (χ1n) is 23.7. The highest BCUT2D eigenvalue weighted by Gasteiger charge is 2.29. The molecule has 0 atom stereocenters. The summed E-state index contributed by atoms with van der Waals surface area (Å²) in [7, 11) is 0. The minimum absolute atomic E-state index is 0.0284. The fourth-order valence-electron chi connectivity index (χ4n) is 7.32. The van der Waals surface area contributed by atoms with E-state index in [9.17, 15) is 6.48 Å². The van der Waals surface area contributed by atoms with E-state index < -0.39 is 53.3 Å². The second-order valence-corrected chi connectivity index (χ2v) is 18.0. The quantitative estimate of drug-likeness (QED) is 0.183. The van der Waals surface area contributed by atoms with Crippen LogP contribution in [0.4, 0.5) is 0 Å². The van der Waals surface area contributed by atoms with E-state index in [0.29, 0.717) is 22.5 Å². The molecule has 1 N–H and O–H groups in total. The maximum Gasteiger partial charge on any atom is 0.149 e. The molecule has 0 amide bonds. The number of pyridine rings is 1. The Balaban J connectivity index is 1.43. The number of benzene rings is 6. The van der Waals surface area contributed by atoms with Crippen molar-refractivity contribution >= 4 is 11.0 Å². The van der Waals surface area contributed by atoms with Crippen molar-refractivity contribution in [3.05, 3.63) is 168 Å². The van der Waals surface area contributed by atoms with Gasteiger partial charge in [-0.3, -0.25) is 9.55 Å². The third-order valence-corrected chi connectivity index (χ3v) is 10.7. The fourth-order valence-corrected chi connectivity index (χ4v) is 7.32. The summed E-state index contributed by atoms with van der Waals surface area (Å²) in [5.41, 5.74) is 8.03. The molecule has 0 aliphatic heterocycles. The number of fused-ring (bicyclic) bond motifs is 1. The average molecular weight is 768 g/mol. The number of phenolic OH excluding ortho intramolecular Hbond substituents is 1. The highest BCUT2D eigenvalue weighted by Crippen LogP contribution is 2.45. The van der Waals surface area contributed by atoms with Crippen LogP contribution in [-0.2, 0) is 16.2 Å². The van der Waals surface area contributed by atoms with Crippen LogP contribution in [0.1, 0.15) is 90.0 Å². The van der Waals surface area contributed by atoms with Crippen LogP contribution < -0.4 is 0 Å². The van der Waals surface area contributed by atoms with Crippen LogP contribution in [0.3, 0.4) is 0 Å².